The summed E-state index contributed by atoms with van der Waals surface area (Å²) >= 11 is 0. The number of rotatable bonds is 1. The van der Waals surface area contributed by atoms with Crippen molar-refractivity contribution in [2.24, 2.45) is 0 Å². The molecule has 0 aliphatic heterocycles. The van der Waals surface area contributed by atoms with Crippen molar-refractivity contribution in [3.63, 3.8) is 0 Å². The minimum atomic E-state index is 0. The maximum absolute atomic E-state index is 8.98. The van der Waals surface area contributed by atoms with Crippen LogP contribution in [-0.2, 0) is 0 Å². The van der Waals surface area contributed by atoms with Crippen molar-refractivity contribution < 1.29 is 14.9 Å². The van der Waals surface area contributed by atoms with E-state index in [0.29, 0.717) is 5.75 Å². The second-order valence-corrected chi connectivity index (χ2v) is 4.42. The van der Waals surface area contributed by atoms with Gasteiger partial charge >= 0.3 is 0 Å². The van der Waals surface area contributed by atoms with Gasteiger partial charge in [0.2, 0.25) is 0 Å². The summed E-state index contributed by atoms with van der Waals surface area (Å²) < 4.78 is 4.99. The molecule has 3 nitrogen and oxygen atoms in total. The highest BCUT2D eigenvalue weighted by molar-refractivity contribution is 5.75. The molecular formula is C18H26BO3. The summed E-state index contributed by atoms with van der Waals surface area (Å²) in [6.45, 7) is 9.89. The molecule has 22 heavy (non-hydrogen) atoms. The Morgan fingerprint density at radius 3 is 1.55 bits per heavy atom. The fourth-order valence-electron chi connectivity index (χ4n) is 1.59. The molecule has 3 radical (unpaired) electrons. The zero-order valence-electron chi connectivity index (χ0n) is 14.3. The first-order chi connectivity index (χ1) is 9.93. The summed E-state index contributed by atoms with van der Waals surface area (Å²) in [6.07, 6.45) is 0. The molecule has 119 valence electrons. The number of hydrogen-bond acceptors (Lipinski definition) is 3. The number of aromatic hydroxyl groups is 2. The van der Waals surface area contributed by atoms with E-state index in [-0.39, 0.29) is 14.2 Å². The third kappa shape index (κ3) is 7.62. The maximum atomic E-state index is 8.98. The van der Waals surface area contributed by atoms with Crippen molar-refractivity contribution in [1.29, 1.82) is 0 Å². The Labute approximate surface area is 136 Å². The van der Waals surface area contributed by atoms with Gasteiger partial charge in [-0.05, 0) is 67.8 Å². The lowest BCUT2D eigenvalue weighted by atomic mass is 10.1. The second kappa shape index (κ2) is 11.6. The predicted octanol–water partition coefficient (Wildman–Crippen LogP) is 4.36. The van der Waals surface area contributed by atoms with Crippen LogP contribution in [0.15, 0.2) is 36.4 Å². The van der Waals surface area contributed by atoms with E-state index in [1.165, 1.54) is 5.56 Å². The SMILES string of the molecule is CC.COc1ccc(O)cc1C.Cc1ccc(O)cc1C.[B]. The first-order valence-electron chi connectivity index (χ1n) is 7.04. The molecule has 4 heteroatoms. The predicted molar refractivity (Wildman–Crippen MR) is 94.1 cm³/mol. The van der Waals surface area contributed by atoms with Gasteiger partial charge < -0.3 is 14.9 Å². The van der Waals surface area contributed by atoms with Crippen molar-refractivity contribution >= 4 is 8.41 Å². The van der Waals surface area contributed by atoms with Crippen LogP contribution in [0.1, 0.15) is 30.5 Å². The summed E-state index contributed by atoms with van der Waals surface area (Å²) in [6, 6.07) is 10.4. The average Bonchev–Trinajstić information content (AvgIpc) is 2.46. The van der Waals surface area contributed by atoms with Crippen LogP contribution in [0, 0.1) is 20.8 Å². The van der Waals surface area contributed by atoms with Gasteiger partial charge in [-0.25, -0.2) is 0 Å². The summed E-state index contributed by atoms with van der Waals surface area (Å²) in [5.74, 6) is 1.43. The highest BCUT2D eigenvalue weighted by Crippen LogP contribution is 2.21. The topological polar surface area (TPSA) is 49.7 Å². The fraction of sp³-hybridized carbons (Fsp3) is 0.333. The van der Waals surface area contributed by atoms with Crippen LogP contribution in [0.25, 0.3) is 0 Å². The molecule has 0 atom stereocenters. The van der Waals surface area contributed by atoms with E-state index in [1.807, 2.05) is 40.7 Å². The van der Waals surface area contributed by atoms with Crippen LogP contribution >= 0.6 is 0 Å². The van der Waals surface area contributed by atoms with Gasteiger partial charge in [-0.3, -0.25) is 0 Å². The molecule has 0 heterocycles. The van der Waals surface area contributed by atoms with Crippen molar-refractivity contribution in [2.45, 2.75) is 34.6 Å². The van der Waals surface area contributed by atoms with Crippen LogP contribution in [0.3, 0.4) is 0 Å². The summed E-state index contributed by atoms with van der Waals surface area (Å²) in [5.41, 5.74) is 3.30. The van der Waals surface area contributed by atoms with Crippen molar-refractivity contribution in [1.82, 2.24) is 0 Å². The first kappa shape index (κ1) is 22.2. The number of phenols is 2. The van der Waals surface area contributed by atoms with Crippen LogP contribution in [0.5, 0.6) is 17.2 Å². The number of hydrogen-bond donors (Lipinski definition) is 2. The Hall–Kier alpha value is -2.10. The van der Waals surface area contributed by atoms with Gasteiger partial charge in [0.1, 0.15) is 17.2 Å². The maximum Gasteiger partial charge on any atom is 0.122 e. The first-order valence-corrected chi connectivity index (χ1v) is 7.04. The van der Waals surface area contributed by atoms with Gasteiger partial charge in [-0.15, -0.1) is 0 Å². The van der Waals surface area contributed by atoms with Crippen molar-refractivity contribution in [3.05, 3.63) is 53.1 Å². The molecule has 0 fully saturated rings. The molecule has 0 unspecified atom stereocenters. The molecule has 2 rings (SSSR count). The summed E-state index contributed by atoms with van der Waals surface area (Å²) in [5, 5.41) is 17.9. The lowest BCUT2D eigenvalue weighted by Crippen LogP contribution is -1.84. The normalized spacial score (nSPS) is 8.45. The molecular weight excluding hydrogens is 275 g/mol. The van der Waals surface area contributed by atoms with E-state index in [4.69, 9.17) is 14.9 Å². The Kier molecular flexibility index (Phi) is 11.7. The Morgan fingerprint density at radius 2 is 1.18 bits per heavy atom. The van der Waals surface area contributed by atoms with E-state index in [1.54, 1.807) is 37.4 Å². The molecule has 0 aliphatic carbocycles. The highest BCUT2D eigenvalue weighted by atomic mass is 16.5. The standard InChI is InChI=1S/C8H10O2.C8H10O.C2H6.B/c1-6-5-7(9)3-4-8(6)10-2;1-6-3-4-8(9)5-7(6)2;1-2;/h3-5,9H,1-2H3;3-5,9H,1-2H3;1-2H3;. The fourth-order valence-corrected chi connectivity index (χ4v) is 1.59. The zero-order valence-corrected chi connectivity index (χ0v) is 14.3. The molecule has 0 aromatic heterocycles. The summed E-state index contributed by atoms with van der Waals surface area (Å²) in [7, 11) is 1.61. The highest BCUT2D eigenvalue weighted by Gasteiger charge is 1.96. The van der Waals surface area contributed by atoms with Crippen LogP contribution in [0.4, 0.5) is 0 Å². The molecule has 0 saturated heterocycles. The van der Waals surface area contributed by atoms with Gasteiger partial charge in [-0.2, -0.15) is 0 Å². The Bertz CT molecular complexity index is 554. The quantitative estimate of drug-likeness (QED) is 0.769. The van der Waals surface area contributed by atoms with Crippen molar-refractivity contribution in [2.75, 3.05) is 7.11 Å². The third-order valence-corrected chi connectivity index (χ3v) is 2.87. The number of aryl methyl sites for hydroxylation is 3. The van der Waals surface area contributed by atoms with Gasteiger partial charge in [0, 0.05) is 8.41 Å². The number of benzene rings is 2. The van der Waals surface area contributed by atoms with E-state index in [2.05, 4.69) is 0 Å². The Balaban J connectivity index is 0. The smallest absolute Gasteiger partial charge is 0.122 e. The Morgan fingerprint density at radius 1 is 0.727 bits per heavy atom. The zero-order chi connectivity index (χ0) is 16.4. The van der Waals surface area contributed by atoms with E-state index in [0.717, 1.165) is 16.9 Å². The van der Waals surface area contributed by atoms with Crippen LogP contribution in [0.2, 0.25) is 0 Å². The molecule has 2 N–H and O–H groups in total. The molecule has 0 bridgehead atoms. The molecule has 0 amide bonds. The van der Waals surface area contributed by atoms with Crippen LogP contribution < -0.4 is 4.74 Å². The number of methoxy groups -OCH3 is 1. The molecule has 0 spiro atoms. The molecule has 2 aromatic carbocycles. The molecule has 0 aliphatic rings. The van der Waals surface area contributed by atoms with Crippen LogP contribution in [-0.4, -0.2) is 25.7 Å². The second-order valence-electron chi connectivity index (χ2n) is 4.42. The summed E-state index contributed by atoms with van der Waals surface area (Å²) in [4.78, 5) is 0. The van der Waals surface area contributed by atoms with Gasteiger partial charge in [0.05, 0.1) is 7.11 Å². The van der Waals surface area contributed by atoms with Crippen molar-refractivity contribution in [3.8, 4) is 17.2 Å². The lowest BCUT2D eigenvalue weighted by Gasteiger charge is -2.02. The number of ether oxygens (including phenoxy) is 1. The molecule has 2 aromatic rings. The minimum absolute atomic E-state index is 0. The average molecular weight is 301 g/mol. The van der Waals surface area contributed by atoms with E-state index < -0.39 is 0 Å². The van der Waals surface area contributed by atoms with Gasteiger partial charge in [0.25, 0.3) is 0 Å². The number of phenolic OH excluding ortho intramolecular Hbond substituents is 2. The minimum Gasteiger partial charge on any atom is -0.508 e. The van der Waals surface area contributed by atoms with E-state index >= 15 is 0 Å². The van der Waals surface area contributed by atoms with E-state index in [9.17, 15) is 0 Å². The third-order valence-electron chi connectivity index (χ3n) is 2.87. The monoisotopic (exact) mass is 301 g/mol. The largest absolute Gasteiger partial charge is 0.508 e. The lowest BCUT2D eigenvalue weighted by molar-refractivity contribution is 0.409. The van der Waals surface area contributed by atoms with Gasteiger partial charge in [-0.1, -0.05) is 19.9 Å². The molecule has 0 saturated carbocycles. The van der Waals surface area contributed by atoms with Gasteiger partial charge in [0.15, 0.2) is 0 Å².